The molecule has 0 saturated carbocycles. The molecule has 2 aliphatic heterocycles. The van der Waals surface area contributed by atoms with Crippen molar-refractivity contribution in [1.29, 1.82) is 0 Å². The lowest BCUT2D eigenvalue weighted by atomic mass is 9.86. The molecule has 2 aliphatic rings. The zero-order chi connectivity index (χ0) is 15.7. The number of amides is 2. The Balaban J connectivity index is 2.02. The highest BCUT2D eigenvalue weighted by molar-refractivity contribution is 6.01. The van der Waals surface area contributed by atoms with Gasteiger partial charge in [0.25, 0.3) is 0 Å². The molecule has 2 amide bonds. The maximum atomic E-state index is 12.7. The van der Waals surface area contributed by atoms with Gasteiger partial charge < -0.3 is 15.0 Å². The van der Waals surface area contributed by atoms with Crippen LogP contribution in [0.1, 0.15) is 59.8 Å². The lowest BCUT2D eigenvalue weighted by molar-refractivity contribution is -0.160. The zero-order valence-electron chi connectivity index (χ0n) is 13.7. The summed E-state index contributed by atoms with van der Waals surface area (Å²) >= 11 is 0. The van der Waals surface area contributed by atoms with Gasteiger partial charge in [-0.1, -0.05) is 6.92 Å². The first-order valence-corrected chi connectivity index (χ1v) is 8.07. The monoisotopic (exact) mass is 296 g/mol. The molecule has 2 heterocycles. The topological polar surface area (TPSA) is 58.6 Å². The van der Waals surface area contributed by atoms with E-state index in [1.54, 1.807) is 4.90 Å². The highest BCUT2D eigenvalue weighted by Gasteiger charge is 2.51. The number of carbonyl (C=O) groups excluding carboxylic acids is 2. The molecule has 1 N–H and O–H groups in total. The summed E-state index contributed by atoms with van der Waals surface area (Å²) < 4.78 is 5.62. The van der Waals surface area contributed by atoms with Crippen molar-refractivity contribution in [1.82, 2.24) is 10.2 Å². The Morgan fingerprint density at radius 1 is 1.33 bits per heavy atom. The molecule has 21 heavy (non-hydrogen) atoms. The van der Waals surface area contributed by atoms with Gasteiger partial charge in [0, 0.05) is 13.2 Å². The van der Waals surface area contributed by atoms with E-state index in [0.29, 0.717) is 19.1 Å². The summed E-state index contributed by atoms with van der Waals surface area (Å²) in [4.78, 5) is 26.8. The van der Waals surface area contributed by atoms with Crippen LogP contribution >= 0.6 is 0 Å². The van der Waals surface area contributed by atoms with Crippen LogP contribution in [0.15, 0.2) is 0 Å². The third kappa shape index (κ3) is 3.07. The van der Waals surface area contributed by atoms with Gasteiger partial charge in [0.2, 0.25) is 11.8 Å². The highest BCUT2D eigenvalue weighted by atomic mass is 16.5. The Labute approximate surface area is 127 Å². The van der Waals surface area contributed by atoms with Gasteiger partial charge in [0.1, 0.15) is 11.1 Å². The lowest BCUT2D eigenvalue weighted by Gasteiger charge is -2.48. The average Bonchev–Trinajstić information content (AvgIpc) is 2.94. The SMILES string of the molecule is CCC1(C)NC(=O)C(C)(C)N(CCCC2CCCO2)C1=O. The minimum atomic E-state index is -0.775. The predicted molar refractivity (Wildman–Crippen MR) is 80.8 cm³/mol. The van der Waals surface area contributed by atoms with Crippen molar-refractivity contribution in [3.8, 4) is 0 Å². The number of rotatable bonds is 5. The summed E-state index contributed by atoms with van der Waals surface area (Å²) in [6, 6.07) is 0. The standard InChI is InChI=1S/C16H28N2O3/c1-5-16(4)14(20)18(15(2,3)13(19)17-16)10-6-8-12-9-7-11-21-12/h12H,5-11H2,1-4H3,(H,17,19). The summed E-state index contributed by atoms with van der Waals surface area (Å²) in [5, 5.41) is 2.89. The van der Waals surface area contributed by atoms with Crippen LogP contribution in [0.3, 0.4) is 0 Å². The van der Waals surface area contributed by atoms with E-state index >= 15 is 0 Å². The van der Waals surface area contributed by atoms with E-state index < -0.39 is 11.1 Å². The third-order valence-corrected chi connectivity index (χ3v) is 4.98. The smallest absolute Gasteiger partial charge is 0.248 e. The first kappa shape index (κ1) is 16.3. The Hall–Kier alpha value is -1.10. The Morgan fingerprint density at radius 3 is 2.62 bits per heavy atom. The van der Waals surface area contributed by atoms with Crippen LogP contribution in [0, 0.1) is 0 Å². The molecule has 2 saturated heterocycles. The van der Waals surface area contributed by atoms with Crippen LogP contribution in [0.5, 0.6) is 0 Å². The van der Waals surface area contributed by atoms with Crippen LogP contribution in [0.4, 0.5) is 0 Å². The normalized spacial score (nSPS) is 32.4. The molecule has 0 aliphatic carbocycles. The minimum absolute atomic E-state index is 0.0296. The molecule has 2 rings (SSSR count). The van der Waals surface area contributed by atoms with Gasteiger partial charge in [0.05, 0.1) is 6.10 Å². The number of carbonyl (C=O) groups is 2. The summed E-state index contributed by atoms with van der Waals surface area (Å²) in [6.07, 6.45) is 5.03. The van der Waals surface area contributed by atoms with Crippen LogP contribution in [0.25, 0.3) is 0 Å². The Kier molecular flexibility index (Phi) is 4.61. The number of hydrogen-bond donors (Lipinski definition) is 1. The molecular formula is C16H28N2O3. The van der Waals surface area contributed by atoms with Crippen molar-refractivity contribution < 1.29 is 14.3 Å². The number of ether oxygens (including phenoxy) is 1. The number of piperazine rings is 1. The van der Waals surface area contributed by atoms with Crippen molar-refractivity contribution in [2.24, 2.45) is 0 Å². The lowest BCUT2D eigenvalue weighted by Crippen LogP contribution is -2.73. The molecule has 5 nitrogen and oxygen atoms in total. The van der Waals surface area contributed by atoms with Crippen molar-refractivity contribution >= 4 is 11.8 Å². The molecule has 0 bridgehead atoms. The predicted octanol–water partition coefficient (Wildman–Crippen LogP) is 1.85. The van der Waals surface area contributed by atoms with E-state index in [9.17, 15) is 9.59 Å². The van der Waals surface area contributed by atoms with Crippen molar-refractivity contribution in [2.75, 3.05) is 13.2 Å². The number of nitrogens with one attached hydrogen (secondary N) is 1. The van der Waals surface area contributed by atoms with Gasteiger partial charge in [-0.3, -0.25) is 9.59 Å². The minimum Gasteiger partial charge on any atom is -0.378 e. The number of hydrogen-bond acceptors (Lipinski definition) is 3. The summed E-state index contributed by atoms with van der Waals surface area (Å²) in [6.45, 7) is 8.86. The van der Waals surface area contributed by atoms with Crippen LogP contribution < -0.4 is 5.32 Å². The maximum absolute atomic E-state index is 12.7. The molecule has 2 atom stereocenters. The molecule has 2 unspecified atom stereocenters. The fourth-order valence-electron chi connectivity index (χ4n) is 3.10. The van der Waals surface area contributed by atoms with Crippen LogP contribution in [0.2, 0.25) is 0 Å². The van der Waals surface area contributed by atoms with E-state index in [0.717, 1.165) is 32.3 Å². The molecule has 0 spiro atoms. The molecule has 2 fully saturated rings. The van der Waals surface area contributed by atoms with Gasteiger partial charge in [-0.15, -0.1) is 0 Å². The summed E-state index contributed by atoms with van der Waals surface area (Å²) in [7, 11) is 0. The summed E-state index contributed by atoms with van der Waals surface area (Å²) in [5.74, 6) is -0.0366. The second-order valence-electron chi connectivity index (χ2n) is 6.93. The molecule has 0 aromatic heterocycles. The Morgan fingerprint density at radius 2 is 2.05 bits per heavy atom. The van der Waals surface area contributed by atoms with Crippen LogP contribution in [-0.4, -0.2) is 47.0 Å². The van der Waals surface area contributed by atoms with E-state index in [1.165, 1.54) is 0 Å². The second-order valence-corrected chi connectivity index (χ2v) is 6.93. The van der Waals surface area contributed by atoms with Gasteiger partial charge in [-0.25, -0.2) is 0 Å². The van der Waals surface area contributed by atoms with Gasteiger partial charge in [-0.05, 0) is 52.9 Å². The quantitative estimate of drug-likeness (QED) is 0.842. The summed E-state index contributed by atoms with van der Waals surface area (Å²) in [5.41, 5.74) is -1.54. The number of nitrogens with zero attached hydrogens (tertiary/aromatic N) is 1. The molecule has 0 aromatic rings. The van der Waals surface area contributed by atoms with Crippen LogP contribution in [-0.2, 0) is 14.3 Å². The van der Waals surface area contributed by atoms with E-state index in [4.69, 9.17) is 4.74 Å². The molecular weight excluding hydrogens is 268 g/mol. The first-order valence-electron chi connectivity index (χ1n) is 8.07. The van der Waals surface area contributed by atoms with Gasteiger partial charge in [-0.2, -0.15) is 0 Å². The largest absolute Gasteiger partial charge is 0.378 e. The highest BCUT2D eigenvalue weighted by Crippen LogP contribution is 2.28. The first-order chi connectivity index (χ1) is 9.81. The maximum Gasteiger partial charge on any atom is 0.248 e. The van der Waals surface area contributed by atoms with E-state index in [2.05, 4.69) is 5.32 Å². The van der Waals surface area contributed by atoms with E-state index in [1.807, 2.05) is 27.7 Å². The fraction of sp³-hybridized carbons (Fsp3) is 0.875. The Bertz CT molecular complexity index is 416. The molecule has 120 valence electrons. The molecule has 5 heteroatoms. The van der Waals surface area contributed by atoms with Crippen molar-refractivity contribution in [2.45, 2.75) is 77.0 Å². The van der Waals surface area contributed by atoms with Crippen molar-refractivity contribution in [3.05, 3.63) is 0 Å². The average molecular weight is 296 g/mol. The van der Waals surface area contributed by atoms with Gasteiger partial charge >= 0.3 is 0 Å². The zero-order valence-corrected chi connectivity index (χ0v) is 13.7. The molecule has 0 aromatic carbocycles. The van der Waals surface area contributed by atoms with Crippen molar-refractivity contribution in [3.63, 3.8) is 0 Å². The van der Waals surface area contributed by atoms with Gasteiger partial charge in [0.15, 0.2) is 0 Å². The van der Waals surface area contributed by atoms with E-state index in [-0.39, 0.29) is 11.8 Å². The third-order valence-electron chi connectivity index (χ3n) is 4.98. The second kappa shape index (κ2) is 5.95. The fourth-order valence-corrected chi connectivity index (χ4v) is 3.10. The molecule has 0 radical (unpaired) electrons.